The van der Waals surface area contributed by atoms with Crippen molar-refractivity contribution < 1.29 is 19.1 Å². The highest BCUT2D eigenvalue weighted by atomic mass is 16.6. The summed E-state index contributed by atoms with van der Waals surface area (Å²) in [6, 6.07) is 2.18. The molecule has 2 atom stereocenters. The van der Waals surface area contributed by atoms with Crippen LogP contribution in [0.2, 0.25) is 0 Å². The monoisotopic (exact) mass is 384 g/mol. The summed E-state index contributed by atoms with van der Waals surface area (Å²) in [7, 11) is 0. The van der Waals surface area contributed by atoms with Crippen molar-refractivity contribution in [1.82, 2.24) is 0 Å². The molecule has 2 aliphatic carbocycles. The number of hydrogen-bond acceptors (Lipinski definition) is 4. The number of rotatable bonds is 4. The number of aryl methyl sites for hydroxylation is 1. The molecule has 0 bridgehead atoms. The summed E-state index contributed by atoms with van der Waals surface area (Å²) in [5, 5.41) is 0. The number of ether oxygens (including phenoxy) is 2. The van der Waals surface area contributed by atoms with Gasteiger partial charge in [0, 0.05) is 17.5 Å². The number of carbonyl (C=O) groups excluding carboxylic acids is 2. The largest absolute Gasteiger partial charge is 0.422 e. The molecule has 28 heavy (non-hydrogen) atoms. The number of carbonyl (C=O) groups is 2. The predicted molar refractivity (Wildman–Crippen MR) is 108 cm³/mol. The van der Waals surface area contributed by atoms with Crippen LogP contribution >= 0.6 is 0 Å². The zero-order valence-corrected chi connectivity index (χ0v) is 17.8. The number of benzene rings is 1. The van der Waals surface area contributed by atoms with Gasteiger partial charge in [-0.05, 0) is 54.9 Å². The maximum Gasteiger partial charge on any atom is 0.322 e. The van der Waals surface area contributed by atoms with E-state index in [1.165, 1.54) is 5.56 Å². The molecule has 0 N–H and O–H groups in total. The van der Waals surface area contributed by atoms with Crippen molar-refractivity contribution in [3.63, 3.8) is 0 Å². The smallest absolute Gasteiger partial charge is 0.322 e. The fourth-order valence-corrected chi connectivity index (χ4v) is 6.01. The fraction of sp³-hybridized carbons (Fsp3) is 0.667. The standard InChI is InChI=1S/C24H32O4/c1-6-8-18(25)27-20-16(14(2)3)13-15-9-10-17-23(4,5)11-7-12-24(17)19(15)21(20)28-22(24)26/h13-14,17H,6-12H2,1-5H3/t17?,24-/m1/s1. The molecule has 1 saturated carbocycles. The van der Waals surface area contributed by atoms with E-state index in [0.717, 1.165) is 49.7 Å². The Labute approximate surface area is 168 Å². The number of esters is 2. The molecule has 4 nitrogen and oxygen atoms in total. The highest BCUT2D eigenvalue weighted by Gasteiger charge is 2.62. The average Bonchev–Trinajstić information content (AvgIpc) is 2.90. The minimum Gasteiger partial charge on any atom is -0.422 e. The first-order valence-corrected chi connectivity index (χ1v) is 10.9. The fourth-order valence-electron chi connectivity index (χ4n) is 6.01. The zero-order valence-electron chi connectivity index (χ0n) is 17.8. The van der Waals surface area contributed by atoms with E-state index in [4.69, 9.17) is 9.47 Å². The summed E-state index contributed by atoms with van der Waals surface area (Å²) in [6.07, 6.45) is 6.06. The molecule has 1 spiro atoms. The van der Waals surface area contributed by atoms with Crippen molar-refractivity contribution in [2.24, 2.45) is 11.3 Å². The second-order valence-electron chi connectivity index (χ2n) is 9.83. The summed E-state index contributed by atoms with van der Waals surface area (Å²) in [5.41, 5.74) is 2.76. The Morgan fingerprint density at radius 2 is 2.07 bits per heavy atom. The Bertz CT molecular complexity index is 835. The second-order valence-corrected chi connectivity index (χ2v) is 9.83. The first-order valence-electron chi connectivity index (χ1n) is 10.9. The first kappa shape index (κ1) is 19.5. The van der Waals surface area contributed by atoms with Crippen LogP contribution in [0, 0.1) is 11.3 Å². The van der Waals surface area contributed by atoms with Crippen LogP contribution in [0.3, 0.4) is 0 Å². The normalized spacial score (nSPS) is 27.2. The molecule has 1 unspecified atom stereocenters. The molecular formula is C24H32O4. The van der Waals surface area contributed by atoms with E-state index < -0.39 is 5.41 Å². The molecule has 152 valence electrons. The van der Waals surface area contributed by atoms with Gasteiger partial charge in [0.05, 0.1) is 0 Å². The lowest BCUT2D eigenvalue weighted by atomic mass is 9.50. The zero-order chi connectivity index (χ0) is 20.3. The third-order valence-corrected chi connectivity index (χ3v) is 7.28. The molecule has 4 rings (SSSR count). The molecule has 0 saturated heterocycles. The summed E-state index contributed by atoms with van der Waals surface area (Å²) in [5.74, 6) is 1.10. The quantitative estimate of drug-likeness (QED) is 0.512. The van der Waals surface area contributed by atoms with E-state index in [0.29, 0.717) is 17.9 Å². The number of hydrogen-bond donors (Lipinski definition) is 0. The minimum absolute atomic E-state index is 0.104. The van der Waals surface area contributed by atoms with Gasteiger partial charge in [0.1, 0.15) is 5.41 Å². The third-order valence-electron chi connectivity index (χ3n) is 7.28. The molecule has 1 aliphatic heterocycles. The van der Waals surface area contributed by atoms with Gasteiger partial charge in [0.15, 0.2) is 11.5 Å². The summed E-state index contributed by atoms with van der Waals surface area (Å²) in [4.78, 5) is 25.7. The van der Waals surface area contributed by atoms with Crippen LogP contribution in [-0.2, 0) is 21.4 Å². The Morgan fingerprint density at radius 3 is 2.75 bits per heavy atom. The van der Waals surface area contributed by atoms with Crippen LogP contribution in [0.5, 0.6) is 11.5 Å². The third kappa shape index (κ3) is 2.63. The Morgan fingerprint density at radius 1 is 1.32 bits per heavy atom. The molecule has 1 aromatic carbocycles. The van der Waals surface area contributed by atoms with Gasteiger partial charge in [-0.15, -0.1) is 0 Å². The van der Waals surface area contributed by atoms with Gasteiger partial charge in [-0.1, -0.05) is 47.1 Å². The topological polar surface area (TPSA) is 52.6 Å². The molecule has 1 fully saturated rings. The molecule has 3 aliphatic rings. The minimum atomic E-state index is -0.563. The second kappa shape index (κ2) is 6.60. The van der Waals surface area contributed by atoms with Gasteiger partial charge in [-0.25, -0.2) is 0 Å². The van der Waals surface area contributed by atoms with Crippen LogP contribution in [0.15, 0.2) is 6.07 Å². The summed E-state index contributed by atoms with van der Waals surface area (Å²) >= 11 is 0. The van der Waals surface area contributed by atoms with Gasteiger partial charge in [-0.3, -0.25) is 9.59 Å². The van der Waals surface area contributed by atoms with Crippen molar-refractivity contribution in [3.05, 3.63) is 22.8 Å². The van der Waals surface area contributed by atoms with E-state index in [1.54, 1.807) is 0 Å². The van der Waals surface area contributed by atoms with Gasteiger partial charge in [-0.2, -0.15) is 0 Å². The Balaban J connectivity index is 1.92. The molecule has 0 amide bonds. The summed E-state index contributed by atoms with van der Waals surface area (Å²) < 4.78 is 11.8. The molecular weight excluding hydrogens is 352 g/mol. The highest BCUT2D eigenvalue weighted by molar-refractivity contribution is 5.94. The van der Waals surface area contributed by atoms with Crippen molar-refractivity contribution in [2.75, 3.05) is 0 Å². The molecule has 1 aromatic rings. The van der Waals surface area contributed by atoms with Crippen LogP contribution in [0.1, 0.15) is 95.8 Å². The Kier molecular flexibility index (Phi) is 4.59. The SMILES string of the molecule is CCCC(=O)Oc1c(C(C)C)cc2c3c1OC(=O)[C@@]31CCCC(C)(C)C1CC2. The van der Waals surface area contributed by atoms with Gasteiger partial charge in [0.2, 0.25) is 0 Å². The lowest BCUT2D eigenvalue weighted by Crippen LogP contribution is -2.52. The maximum atomic E-state index is 13.4. The lowest BCUT2D eigenvalue weighted by molar-refractivity contribution is -0.146. The van der Waals surface area contributed by atoms with E-state index in [2.05, 4.69) is 33.8 Å². The van der Waals surface area contributed by atoms with Crippen molar-refractivity contribution in [2.45, 2.75) is 90.9 Å². The van der Waals surface area contributed by atoms with E-state index in [9.17, 15) is 9.59 Å². The van der Waals surface area contributed by atoms with Gasteiger partial charge >= 0.3 is 11.9 Å². The molecule has 0 radical (unpaired) electrons. The highest BCUT2D eigenvalue weighted by Crippen LogP contribution is 2.64. The first-order chi connectivity index (χ1) is 13.2. The van der Waals surface area contributed by atoms with Crippen LogP contribution < -0.4 is 9.47 Å². The van der Waals surface area contributed by atoms with Crippen molar-refractivity contribution >= 4 is 11.9 Å². The molecule has 4 heteroatoms. The van der Waals surface area contributed by atoms with E-state index >= 15 is 0 Å². The predicted octanol–water partition coefficient (Wildman–Crippen LogP) is 5.44. The maximum absolute atomic E-state index is 13.4. The van der Waals surface area contributed by atoms with Crippen LogP contribution in [-0.4, -0.2) is 11.9 Å². The molecule has 0 aromatic heterocycles. The van der Waals surface area contributed by atoms with Crippen molar-refractivity contribution in [1.29, 1.82) is 0 Å². The van der Waals surface area contributed by atoms with Crippen molar-refractivity contribution in [3.8, 4) is 11.5 Å². The Hall–Kier alpha value is -1.84. The average molecular weight is 385 g/mol. The van der Waals surface area contributed by atoms with Gasteiger partial charge in [0.25, 0.3) is 0 Å². The summed E-state index contributed by atoms with van der Waals surface area (Å²) in [6.45, 7) is 10.7. The van der Waals surface area contributed by atoms with Crippen LogP contribution in [0.4, 0.5) is 0 Å². The van der Waals surface area contributed by atoms with Gasteiger partial charge < -0.3 is 9.47 Å². The van der Waals surface area contributed by atoms with E-state index in [1.807, 2.05) is 6.92 Å². The van der Waals surface area contributed by atoms with E-state index in [-0.39, 0.29) is 29.2 Å². The van der Waals surface area contributed by atoms with Crippen LogP contribution in [0.25, 0.3) is 0 Å². The molecule has 1 heterocycles. The lowest BCUT2D eigenvalue weighted by Gasteiger charge is -2.51.